The van der Waals surface area contributed by atoms with Crippen molar-refractivity contribution in [2.45, 2.75) is 19.8 Å². The Kier molecular flexibility index (Phi) is 2.81. The molecule has 8 heteroatoms. The molecule has 0 N–H and O–H groups in total. The smallest absolute Gasteiger partial charge is 0.316 e. The number of benzene rings is 1. The lowest BCUT2D eigenvalue weighted by atomic mass is 10.2. The molecule has 0 amide bonds. The number of aromatic nitrogens is 4. The van der Waals surface area contributed by atoms with Gasteiger partial charge in [0.1, 0.15) is 0 Å². The zero-order valence-corrected chi connectivity index (χ0v) is 11.9. The molecule has 0 aliphatic carbocycles. The highest BCUT2D eigenvalue weighted by Gasteiger charge is 2.20. The summed E-state index contributed by atoms with van der Waals surface area (Å²) in [6.45, 7) is 4.16. The van der Waals surface area contributed by atoms with E-state index in [0.717, 1.165) is 5.56 Å². The van der Waals surface area contributed by atoms with Gasteiger partial charge in [0, 0.05) is 11.5 Å². The van der Waals surface area contributed by atoms with Crippen molar-refractivity contribution in [1.29, 1.82) is 0 Å². The molecule has 1 aliphatic heterocycles. The Labute approximate surface area is 125 Å². The van der Waals surface area contributed by atoms with Crippen molar-refractivity contribution in [2.75, 3.05) is 6.79 Å². The van der Waals surface area contributed by atoms with Gasteiger partial charge in [-0.3, -0.25) is 0 Å². The highest BCUT2D eigenvalue weighted by atomic mass is 16.7. The van der Waals surface area contributed by atoms with E-state index < -0.39 is 0 Å². The highest BCUT2D eigenvalue weighted by Crippen LogP contribution is 2.35. The van der Waals surface area contributed by atoms with Crippen LogP contribution < -0.4 is 9.47 Å². The first-order valence-corrected chi connectivity index (χ1v) is 6.78. The lowest BCUT2D eigenvalue weighted by Gasteiger charge is -1.97. The average Bonchev–Trinajstić information content (AvgIpc) is 3.25. The number of ether oxygens (including phenoxy) is 2. The largest absolute Gasteiger partial charge is 0.454 e. The molecule has 8 nitrogen and oxygen atoms in total. The summed E-state index contributed by atoms with van der Waals surface area (Å²) in [7, 11) is 0. The maximum atomic E-state index is 5.33. The van der Waals surface area contributed by atoms with Gasteiger partial charge in [-0.25, -0.2) is 0 Å². The van der Waals surface area contributed by atoms with Crippen LogP contribution in [0.3, 0.4) is 0 Å². The van der Waals surface area contributed by atoms with Gasteiger partial charge in [0.05, 0.1) is 0 Å². The summed E-state index contributed by atoms with van der Waals surface area (Å²) in [5.41, 5.74) is 0.753. The van der Waals surface area contributed by atoms with E-state index in [4.69, 9.17) is 18.5 Å². The molecule has 0 fully saturated rings. The van der Waals surface area contributed by atoms with E-state index in [1.165, 1.54) is 0 Å². The van der Waals surface area contributed by atoms with Gasteiger partial charge in [0.15, 0.2) is 17.3 Å². The van der Waals surface area contributed by atoms with Crippen LogP contribution in [0, 0.1) is 0 Å². The summed E-state index contributed by atoms with van der Waals surface area (Å²) >= 11 is 0. The Bertz CT molecular complexity index is 824. The van der Waals surface area contributed by atoms with E-state index >= 15 is 0 Å². The number of nitrogens with zero attached hydrogens (tertiary/aromatic N) is 4. The number of fused-ring (bicyclic) bond motifs is 1. The molecule has 0 bridgehead atoms. The predicted octanol–water partition coefficient (Wildman–Crippen LogP) is 2.64. The van der Waals surface area contributed by atoms with Crippen LogP contribution in [0.25, 0.3) is 23.2 Å². The number of rotatable bonds is 3. The van der Waals surface area contributed by atoms with E-state index in [1.807, 2.05) is 19.9 Å². The van der Waals surface area contributed by atoms with Crippen LogP contribution in [-0.2, 0) is 0 Å². The first kappa shape index (κ1) is 12.8. The van der Waals surface area contributed by atoms with Crippen molar-refractivity contribution in [1.82, 2.24) is 20.3 Å². The Morgan fingerprint density at radius 1 is 0.955 bits per heavy atom. The molecular weight excluding hydrogens is 288 g/mol. The molecule has 112 valence electrons. The predicted molar refractivity (Wildman–Crippen MR) is 73.2 cm³/mol. The van der Waals surface area contributed by atoms with Gasteiger partial charge < -0.3 is 18.5 Å². The second-order valence-electron chi connectivity index (χ2n) is 5.10. The van der Waals surface area contributed by atoms with Crippen molar-refractivity contribution >= 4 is 0 Å². The average molecular weight is 300 g/mol. The molecule has 0 saturated carbocycles. The fraction of sp³-hybridized carbons (Fsp3) is 0.286. The molecule has 1 aliphatic rings. The Morgan fingerprint density at radius 3 is 2.55 bits per heavy atom. The fourth-order valence-electron chi connectivity index (χ4n) is 2.02. The van der Waals surface area contributed by atoms with Crippen molar-refractivity contribution in [2.24, 2.45) is 0 Å². The zero-order chi connectivity index (χ0) is 15.1. The Balaban J connectivity index is 1.66. The van der Waals surface area contributed by atoms with Crippen LogP contribution >= 0.6 is 0 Å². The van der Waals surface area contributed by atoms with Crippen LogP contribution in [0.4, 0.5) is 0 Å². The Hall–Kier alpha value is -2.90. The second-order valence-corrected chi connectivity index (χ2v) is 5.10. The van der Waals surface area contributed by atoms with E-state index in [-0.39, 0.29) is 24.5 Å². The van der Waals surface area contributed by atoms with Crippen molar-refractivity contribution in [3.8, 4) is 34.7 Å². The van der Waals surface area contributed by atoms with Crippen LogP contribution in [0.15, 0.2) is 27.2 Å². The quantitative estimate of drug-likeness (QED) is 0.728. The molecule has 0 saturated heterocycles. The summed E-state index contributed by atoms with van der Waals surface area (Å²) in [5.74, 6) is 2.93. The maximum absolute atomic E-state index is 5.33. The van der Waals surface area contributed by atoms with Crippen molar-refractivity contribution < 1.29 is 18.5 Å². The van der Waals surface area contributed by atoms with E-state index in [0.29, 0.717) is 23.1 Å². The van der Waals surface area contributed by atoms with Gasteiger partial charge in [-0.1, -0.05) is 24.2 Å². The molecule has 0 spiro atoms. The lowest BCUT2D eigenvalue weighted by Crippen LogP contribution is -1.92. The molecule has 3 heterocycles. The van der Waals surface area contributed by atoms with Crippen LogP contribution in [0.5, 0.6) is 11.5 Å². The van der Waals surface area contributed by atoms with Crippen LogP contribution in [0.2, 0.25) is 0 Å². The molecular formula is C14H12N4O4. The van der Waals surface area contributed by atoms with Gasteiger partial charge >= 0.3 is 11.8 Å². The van der Waals surface area contributed by atoms with E-state index in [9.17, 15) is 0 Å². The van der Waals surface area contributed by atoms with E-state index in [1.54, 1.807) is 12.1 Å². The van der Waals surface area contributed by atoms with Gasteiger partial charge in [-0.2, -0.15) is 9.97 Å². The fourth-order valence-corrected chi connectivity index (χ4v) is 2.02. The molecule has 3 aromatic rings. The third-order valence-corrected chi connectivity index (χ3v) is 3.20. The summed E-state index contributed by atoms with van der Waals surface area (Å²) in [6.07, 6.45) is 0. The van der Waals surface area contributed by atoms with Gasteiger partial charge in [0.2, 0.25) is 12.6 Å². The van der Waals surface area contributed by atoms with Crippen LogP contribution in [-0.4, -0.2) is 27.1 Å². The first-order chi connectivity index (χ1) is 10.7. The maximum Gasteiger partial charge on any atom is 0.316 e. The molecule has 22 heavy (non-hydrogen) atoms. The summed E-state index contributed by atoms with van der Waals surface area (Å²) in [4.78, 5) is 8.50. The SMILES string of the molecule is CC(C)c1noc(-c2nc(-c3ccc4c(c3)OCO4)no2)n1. The molecule has 0 atom stereocenters. The minimum absolute atomic E-state index is 0.161. The van der Waals surface area contributed by atoms with Gasteiger partial charge in [-0.15, -0.1) is 0 Å². The molecule has 1 aromatic carbocycles. The van der Waals surface area contributed by atoms with Crippen molar-refractivity contribution in [3.05, 3.63) is 24.0 Å². The molecule has 2 aromatic heterocycles. The molecule has 4 rings (SSSR count). The third kappa shape index (κ3) is 2.09. The lowest BCUT2D eigenvalue weighted by molar-refractivity contribution is 0.174. The number of hydrogen-bond donors (Lipinski definition) is 0. The topological polar surface area (TPSA) is 96.3 Å². The Morgan fingerprint density at radius 2 is 1.73 bits per heavy atom. The standard InChI is InChI=1S/C14H12N4O4/c1-7(2)11-15-13(21-17-11)14-16-12(18-22-14)8-3-4-9-10(5-8)20-6-19-9/h3-5,7H,6H2,1-2H3. The number of hydrogen-bond acceptors (Lipinski definition) is 8. The minimum Gasteiger partial charge on any atom is -0.454 e. The highest BCUT2D eigenvalue weighted by molar-refractivity contribution is 5.62. The molecule has 0 unspecified atom stereocenters. The first-order valence-electron chi connectivity index (χ1n) is 6.78. The summed E-state index contributed by atoms with van der Waals surface area (Å²) in [6, 6.07) is 5.43. The normalized spacial score (nSPS) is 13.0. The van der Waals surface area contributed by atoms with Gasteiger partial charge in [0.25, 0.3) is 0 Å². The summed E-state index contributed by atoms with van der Waals surface area (Å²) in [5, 5.41) is 7.80. The van der Waals surface area contributed by atoms with Crippen molar-refractivity contribution in [3.63, 3.8) is 0 Å². The molecule has 0 radical (unpaired) electrons. The zero-order valence-electron chi connectivity index (χ0n) is 11.9. The van der Waals surface area contributed by atoms with Crippen LogP contribution in [0.1, 0.15) is 25.6 Å². The van der Waals surface area contributed by atoms with E-state index in [2.05, 4.69) is 20.3 Å². The third-order valence-electron chi connectivity index (χ3n) is 3.20. The van der Waals surface area contributed by atoms with Gasteiger partial charge in [-0.05, 0) is 18.2 Å². The second kappa shape index (κ2) is 4.83. The minimum atomic E-state index is 0.161. The monoisotopic (exact) mass is 300 g/mol. The summed E-state index contributed by atoms with van der Waals surface area (Å²) < 4.78 is 20.9.